The molecular formula is C21H29NO5. The van der Waals surface area contributed by atoms with Crippen LogP contribution in [0.3, 0.4) is 0 Å². The van der Waals surface area contributed by atoms with Crippen molar-refractivity contribution in [1.29, 1.82) is 0 Å². The van der Waals surface area contributed by atoms with Crippen LogP contribution >= 0.6 is 0 Å². The number of likely N-dealkylation sites (tertiary alicyclic amines) is 1. The molecule has 0 radical (unpaired) electrons. The molecule has 2 unspecified atom stereocenters. The lowest BCUT2D eigenvalue weighted by molar-refractivity contribution is -0.139. The van der Waals surface area contributed by atoms with Crippen LogP contribution in [0.2, 0.25) is 0 Å². The highest BCUT2D eigenvalue weighted by Crippen LogP contribution is 2.44. The molecule has 2 fully saturated rings. The molecule has 0 saturated carbocycles. The van der Waals surface area contributed by atoms with E-state index in [1.807, 2.05) is 24.8 Å². The van der Waals surface area contributed by atoms with E-state index in [9.17, 15) is 9.59 Å². The summed E-state index contributed by atoms with van der Waals surface area (Å²) >= 11 is 0. The summed E-state index contributed by atoms with van der Waals surface area (Å²) in [5, 5.41) is 0. The van der Waals surface area contributed by atoms with Crippen molar-refractivity contribution >= 4 is 11.9 Å². The molecule has 3 aliphatic rings. The molecule has 6 heteroatoms. The van der Waals surface area contributed by atoms with Gasteiger partial charge in [-0.3, -0.25) is 4.79 Å². The van der Waals surface area contributed by atoms with Crippen molar-refractivity contribution in [3.05, 3.63) is 29.3 Å². The topological polar surface area (TPSA) is 65.1 Å². The van der Waals surface area contributed by atoms with E-state index in [2.05, 4.69) is 0 Å². The minimum Gasteiger partial charge on any atom is -0.488 e. The first-order valence-electron chi connectivity index (χ1n) is 10.0. The number of esters is 1. The molecule has 3 aliphatic heterocycles. The molecule has 2 saturated heterocycles. The van der Waals surface area contributed by atoms with Gasteiger partial charge < -0.3 is 19.1 Å². The summed E-state index contributed by atoms with van der Waals surface area (Å²) in [6.07, 6.45) is 2.41. The largest absolute Gasteiger partial charge is 0.488 e. The number of amides is 1. The first kappa shape index (κ1) is 19.7. The number of hydrogen-bond acceptors (Lipinski definition) is 5. The molecule has 1 aromatic rings. The van der Waals surface area contributed by atoms with Gasteiger partial charge >= 0.3 is 5.97 Å². The van der Waals surface area contributed by atoms with Gasteiger partial charge in [0.25, 0.3) is 0 Å². The standard InChI is InChI=1S/C19H23NO5.C2H6/c1-2-24-19(22)13-3-4-15-16-10-14(25-17(15)9-13)11-20(16)18(21)12-5-7-23-8-6-12;1-2/h3-4,9,12,14,16H,2,5-8,10-11H2,1H3;1-2H3. The maximum absolute atomic E-state index is 13.0. The molecule has 27 heavy (non-hydrogen) atoms. The van der Waals surface area contributed by atoms with Crippen LogP contribution in [0.5, 0.6) is 5.75 Å². The average Bonchev–Trinajstić information content (AvgIpc) is 3.07. The molecule has 3 heterocycles. The van der Waals surface area contributed by atoms with Crippen LogP contribution in [-0.4, -0.2) is 49.2 Å². The van der Waals surface area contributed by atoms with E-state index in [0.717, 1.165) is 24.8 Å². The van der Waals surface area contributed by atoms with Gasteiger partial charge in [-0.1, -0.05) is 19.9 Å². The second-order valence-corrected chi connectivity index (χ2v) is 6.84. The van der Waals surface area contributed by atoms with Crippen LogP contribution in [-0.2, 0) is 14.3 Å². The van der Waals surface area contributed by atoms with Crippen molar-refractivity contribution in [3.63, 3.8) is 0 Å². The highest BCUT2D eigenvalue weighted by Gasteiger charge is 2.44. The second-order valence-electron chi connectivity index (χ2n) is 6.84. The molecule has 0 aromatic heterocycles. The van der Waals surface area contributed by atoms with Crippen molar-refractivity contribution in [2.45, 2.75) is 52.2 Å². The maximum atomic E-state index is 13.0. The molecule has 2 atom stereocenters. The van der Waals surface area contributed by atoms with Gasteiger partial charge in [0, 0.05) is 31.1 Å². The molecule has 1 amide bonds. The van der Waals surface area contributed by atoms with E-state index in [1.165, 1.54) is 0 Å². The molecule has 0 spiro atoms. The molecule has 6 nitrogen and oxygen atoms in total. The van der Waals surface area contributed by atoms with Crippen LogP contribution in [0.1, 0.15) is 62.0 Å². The number of carbonyl (C=O) groups is 2. The van der Waals surface area contributed by atoms with Crippen LogP contribution in [0.15, 0.2) is 18.2 Å². The Labute approximate surface area is 160 Å². The van der Waals surface area contributed by atoms with Gasteiger partial charge in [0.15, 0.2) is 0 Å². The Morgan fingerprint density at radius 2 is 1.96 bits per heavy atom. The van der Waals surface area contributed by atoms with Crippen LogP contribution < -0.4 is 4.74 Å². The number of ether oxygens (including phenoxy) is 3. The number of benzene rings is 1. The van der Waals surface area contributed by atoms with Gasteiger partial charge in [-0.15, -0.1) is 0 Å². The second kappa shape index (κ2) is 8.74. The Morgan fingerprint density at radius 3 is 2.67 bits per heavy atom. The third kappa shape index (κ3) is 3.95. The summed E-state index contributed by atoms with van der Waals surface area (Å²) in [6, 6.07) is 5.45. The summed E-state index contributed by atoms with van der Waals surface area (Å²) < 4.78 is 16.5. The lowest BCUT2D eigenvalue weighted by atomic mass is 9.95. The molecule has 4 rings (SSSR count). The van der Waals surface area contributed by atoms with Crippen LogP contribution in [0, 0.1) is 5.92 Å². The van der Waals surface area contributed by atoms with E-state index in [4.69, 9.17) is 14.2 Å². The highest BCUT2D eigenvalue weighted by molar-refractivity contribution is 5.90. The van der Waals surface area contributed by atoms with E-state index < -0.39 is 0 Å². The van der Waals surface area contributed by atoms with E-state index in [-0.39, 0.29) is 29.9 Å². The summed E-state index contributed by atoms with van der Waals surface area (Å²) in [5.74, 6) is 0.619. The van der Waals surface area contributed by atoms with Crippen molar-refractivity contribution in [3.8, 4) is 5.75 Å². The summed E-state index contributed by atoms with van der Waals surface area (Å²) in [4.78, 5) is 26.9. The first-order chi connectivity index (χ1) is 13.2. The number of nitrogens with zero attached hydrogens (tertiary/aromatic N) is 1. The SMILES string of the molecule is CC.CCOC(=O)c1ccc2c(c1)OC1CC2N(C(=O)C2CCOCC2)C1. The van der Waals surface area contributed by atoms with E-state index in [1.54, 1.807) is 19.1 Å². The smallest absolute Gasteiger partial charge is 0.338 e. The lowest BCUT2D eigenvalue weighted by Gasteiger charge is -2.31. The Bertz CT molecular complexity index is 683. The maximum Gasteiger partial charge on any atom is 0.338 e. The zero-order valence-corrected chi connectivity index (χ0v) is 16.4. The number of rotatable bonds is 3. The van der Waals surface area contributed by atoms with Crippen molar-refractivity contribution in [1.82, 2.24) is 4.90 Å². The van der Waals surface area contributed by atoms with Crippen LogP contribution in [0.25, 0.3) is 0 Å². The van der Waals surface area contributed by atoms with E-state index in [0.29, 0.717) is 37.7 Å². The molecular weight excluding hydrogens is 346 g/mol. The van der Waals surface area contributed by atoms with Crippen molar-refractivity contribution in [2.75, 3.05) is 26.4 Å². The molecule has 0 N–H and O–H groups in total. The minimum absolute atomic E-state index is 0.00117. The molecule has 1 aromatic carbocycles. The zero-order valence-electron chi connectivity index (χ0n) is 16.4. The van der Waals surface area contributed by atoms with Gasteiger partial charge in [-0.2, -0.15) is 0 Å². The molecule has 0 aliphatic carbocycles. The monoisotopic (exact) mass is 375 g/mol. The number of carbonyl (C=O) groups excluding carboxylic acids is 2. The Balaban J connectivity index is 0.00000102. The third-order valence-corrected chi connectivity index (χ3v) is 5.29. The van der Waals surface area contributed by atoms with Gasteiger partial charge in [-0.25, -0.2) is 4.79 Å². The zero-order chi connectivity index (χ0) is 19.4. The summed E-state index contributed by atoms with van der Waals surface area (Å²) in [7, 11) is 0. The fraction of sp³-hybridized carbons (Fsp3) is 0.619. The Hall–Kier alpha value is -2.08. The highest BCUT2D eigenvalue weighted by atomic mass is 16.5. The first-order valence-corrected chi connectivity index (χ1v) is 10.0. The number of fused-ring (bicyclic) bond motifs is 4. The summed E-state index contributed by atoms with van der Waals surface area (Å²) in [6.45, 7) is 8.06. The molecule has 2 bridgehead atoms. The normalized spacial score (nSPS) is 23.6. The predicted octanol–water partition coefficient (Wildman–Crippen LogP) is 3.35. The van der Waals surface area contributed by atoms with Crippen molar-refractivity contribution in [2.24, 2.45) is 5.92 Å². The van der Waals surface area contributed by atoms with Crippen LogP contribution in [0.4, 0.5) is 0 Å². The fourth-order valence-electron chi connectivity index (χ4n) is 4.03. The quantitative estimate of drug-likeness (QED) is 0.758. The van der Waals surface area contributed by atoms with Crippen molar-refractivity contribution < 1.29 is 23.8 Å². The minimum atomic E-state index is -0.345. The average molecular weight is 375 g/mol. The third-order valence-electron chi connectivity index (χ3n) is 5.29. The Kier molecular flexibility index (Phi) is 6.37. The fourth-order valence-corrected chi connectivity index (χ4v) is 4.03. The van der Waals surface area contributed by atoms with Gasteiger partial charge in [0.2, 0.25) is 5.91 Å². The van der Waals surface area contributed by atoms with Gasteiger partial charge in [0.05, 0.1) is 24.8 Å². The van der Waals surface area contributed by atoms with E-state index >= 15 is 0 Å². The van der Waals surface area contributed by atoms with Gasteiger partial charge in [0.1, 0.15) is 11.9 Å². The molecule has 148 valence electrons. The number of hydrogen-bond donors (Lipinski definition) is 0. The lowest BCUT2D eigenvalue weighted by Crippen LogP contribution is -2.38. The Morgan fingerprint density at radius 1 is 1.22 bits per heavy atom. The van der Waals surface area contributed by atoms with Gasteiger partial charge in [-0.05, 0) is 31.9 Å². The summed E-state index contributed by atoms with van der Waals surface area (Å²) in [5.41, 5.74) is 1.48. The predicted molar refractivity (Wildman–Crippen MR) is 101 cm³/mol.